The van der Waals surface area contributed by atoms with Crippen molar-refractivity contribution in [3.05, 3.63) is 38.0 Å². The zero-order valence-corrected chi connectivity index (χ0v) is 11.2. The summed E-state index contributed by atoms with van der Waals surface area (Å²) in [5.74, 6) is -0.264. The Morgan fingerprint density at radius 1 is 1.35 bits per heavy atom. The Hall–Kier alpha value is -2.36. The van der Waals surface area contributed by atoms with Gasteiger partial charge >= 0.3 is 5.69 Å². The first-order valence-electron chi connectivity index (χ1n) is 5.51. The molecule has 0 fully saturated rings. The zero-order valence-electron chi connectivity index (χ0n) is 10.4. The second kappa shape index (κ2) is 5.74. The maximum atomic E-state index is 11.7. The number of rotatable bonds is 5. The monoisotopic (exact) mass is 297 g/mol. The van der Waals surface area contributed by atoms with E-state index in [1.54, 1.807) is 6.92 Å². The Morgan fingerprint density at radius 3 is 2.75 bits per heavy atom. The molecule has 4 N–H and O–H groups in total. The molecule has 1 amide bonds. The Labute approximate surface area is 116 Å². The van der Waals surface area contributed by atoms with E-state index in [1.165, 1.54) is 0 Å². The summed E-state index contributed by atoms with van der Waals surface area (Å²) in [6.45, 7) is 1.60. The molecule has 0 aromatic carbocycles. The molecule has 106 valence electrons. The Bertz CT molecular complexity index is 747. The molecule has 0 aliphatic heterocycles. The molecule has 0 aliphatic carbocycles. The number of carbonyl (C=O) groups is 1. The molecule has 2 heterocycles. The van der Waals surface area contributed by atoms with Crippen LogP contribution >= 0.6 is 11.8 Å². The summed E-state index contributed by atoms with van der Waals surface area (Å²) in [6.07, 6.45) is 0.0854. The molecule has 9 nitrogen and oxygen atoms in total. The SMILES string of the molecule is Cc1[nH]c(=O)[nH]c(=O)c1Cc1nnc(SCC(N)=O)o1. The number of nitrogens with two attached hydrogens (primary N) is 1. The topological polar surface area (TPSA) is 148 Å². The van der Waals surface area contributed by atoms with Crippen molar-refractivity contribution in [2.24, 2.45) is 5.73 Å². The van der Waals surface area contributed by atoms with Gasteiger partial charge in [-0.05, 0) is 6.92 Å². The molecule has 0 aliphatic rings. The Kier molecular flexibility index (Phi) is 4.03. The maximum Gasteiger partial charge on any atom is 0.325 e. The van der Waals surface area contributed by atoms with Gasteiger partial charge in [0.1, 0.15) is 0 Å². The molecule has 0 saturated heterocycles. The summed E-state index contributed by atoms with van der Waals surface area (Å²) in [5.41, 5.74) is 4.69. The lowest BCUT2D eigenvalue weighted by molar-refractivity contribution is -0.115. The lowest BCUT2D eigenvalue weighted by Crippen LogP contribution is -2.27. The quantitative estimate of drug-likeness (QED) is 0.594. The van der Waals surface area contributed by atoms with Gasteiger partial charge in [0.2, 0.25) is 11.8 Å². The average Bonchev–Trinajstić information content (AvgIpc) is 2.79. The van der Waals surface area contributed by atoms with Crippen LogP contribution in [-0.4, -0.2) is 31.8 Å². The van der Waals surface area contributed by atoms with Crippen LogP contribution < -0.4 is 17.0 Å². The van der Waals surface area contributed by atoms with E-state index in [0.29, 0.717) is 11.3 Å². The van der Waals surface area contributed by atoms with Gasteiger partial charge in [-0.25, -0.2) is 4.79 Å². The van der Waals surface area contributed by atoms with Crippen LogP contribution in [0.5, 0.6) is 0 Å². The molecular formula is C10H11N5O4S. The molecule has 0 radical (unpaired) electrons. The van der Waals surface area contributed by atoms with Gasteiger partial charge in [0.05, 0.1) is 12.2 Å². The van der Waals surface area contributed by atoms with Crippen LogP contribution in [0.2, 0.25) is 0 Å². The minimum absolute atomic E-state index is 0.0277. The van der Waals surface area contributed by atoms with Crippen LogP contribution in [0.3, 0.4) is 0 Å². The highest BCUT2D eigenvalue weighted by Crippen LogP contribution is 2.16. The van der Waals surface area contributed by atoms with Gasteiger partial charge in [0.15, 0.2) is 0 Å². The number of aromatic nitrogens is 4. The first-order valence-corrected chi connectivity index (χ1v) is 6.50. The summed E-state index contributed by atoms with van der Waals surface area (Å²) in [7, 11) is 0. The molecular weight excluding hydrogens is 286 g/mol. The highest BCUT2D eigenvalue weighted by Gasteiger charge is 2.13. The minimum atomic E-state index is -0.570. The number of carbonyl (C=O) groups excluding carboxylic acids is 1. The standard InChI is InChI=1S/C10H11N5O4S/c1-4-5(8(17)13-9(18)12-4)2-7-14-15-10(19-7)20-3-6(11)16/h2-3H2,1H3,(H2,11,16)(H2,12,13,17,18). The van der Waals surface area contributed by atoms with E-state index in [2.05, 4.69) is 20.2 Å². The van der Waals surface area contributed by atoms with E-state index in [-0.39, 0.29) is 23.3 Å². The van der Waals surface area contributed by atoms with Crippen molar-refractivity contribution in [3.8, 4) is 0 Å². The number of hydrogen-bond donors (Lipinski definition) is 3. The smallest absolute Gasteiger partial charge is 0.325 e. The van der Waals surface area contributed by atoms with Gasteiger partial charge in [0.25, 0.3) is 10.8 Å². The molecule has 20 heavy (non-hydrogen) atoms. The second-order valence-corrected chi connectivity index (χ2v) is 4.83. The summed E-state index contributed by atoms with van der Waals surface area (Å²) in [6, 6.07) is 0. The number of aromatic amines is 2. The molecule has 0 unspecified atom stereocenters. The predicted octanol–water partition coefficient (Wildman–Crippen LogP) is -1.08. The van der Waals surface area contributed by atoms with Gasteiger partial charge in [-0.1, -0.05) is 11.8 Å². The van der Waals surface area contributed by atoms with E-state index >= 15 is 0 Å². The molecule has 2 aromatic rings. The van der Waals surface area contributed by atoms with Crippen molar-refractivity contribution in [2.45, 2.75) is 18.6 Å². The highest BCUT2D eigenvalue weighted by molar-refractivity contribution is 7.99. The van der Waals surface area contributed by atoms with Crippen molar-refractivity contribution in [1.29, 1.82) is 0 Å². The minimum Gasteiger partial charge on any atom is -0.416 e. The van der Waals surface area contributed by atoms with E-state index < -0.39 is 17.2 Å². The summed E-state index contributed by atoms with van der Waals surface area (Å²) in [5, 5.41) is 7.67. The van der Waals surface area contributed by atoms with Crippen LogP contribution in [0.15, 0.2) is 19.2 Å². The fourth-order valence-corrected chi connectivity index (χ4v) is 2.01. The molecule has 0 saturated carbocycles. The van der Waals surface area contributed by atoms with E-state index in [1.807, 2.05) is 0 Å². The summed E-state index contributed by atoms with van der Waals surface area (Å²) < 4.78 is 5.27. The van der Waals surface area contributed by atoms with Gasteiger partial charge in [-0.2, -0.15) is 0 Å². The van der Waals surface area contributed by atoms with Crippen molar-refractivity contribution in [1.82, 2.24) is 20.2 Å². The van der Waals surface area contributed by atoms with E-state index in [9.17, 15) is 14.4 Å². The van der Waals surface area contributed by atoms with Gasteiger partial charge < -0.3 is 15.1 Å². The van der Waals surface area contributed by atoms with E-state index in [0.717, 1.165) is 11.8 Å². The maximum absolute atomic E-state index is 11.7. The fraction of sp³-hybridized carbons (Fsp3) is 0.300. The molecule has 2 rings (SSSR count). The lowest BCUT2D eigenvalue weighted by Gasteiger charge is -2.00. The number of primary amides is 1. The number of nitrogens with one attached hydrogen (secondary N) is 2. The van der Waals surface area contributed by atoms with Crippen molar-refractivity contribution < 1.29 is 9.21 Å². The third kappa shape index (κ3) is 3.35. The van der Waals surface area contributed by atoms with Gasteiger partial charge in [-0.15, -0.1) is 10.2 Å². The van der Waals surface area contributed by atoms with Crippen molar-refractivity contribution in [2.75, 3.05) is 5.75 Å². The van der Waals surface area contributed by atoms with Crippen LogP contribution in [-0.2, 0) is 11.2 Å². The number of nitrogens with zero attached hydrogens (tertiary/aromatic N) is 2. The highest BCUT2D eigenvalue weighted by atomic mass is 32.2. The number of H-pyrrole nitrogens is 2. The fourth-order valence-electron chi connectivity index (χ4n) is 1.49. The van der Waals surface area contributed by atoms with Gasteiger partial charge in [0, 0.05) is 11.3 Å². The normalized spacial score (nSPS) is 10.7. The number of amides is 1. The molecule has 2 aromatic heterocycles. The van der Waals surface area contributed by atoms with Crippen LogP contribution in [0.25, 0.3) is 0 Å². The first kappa shape index (κ1) is 14.1. The Morgan fingerprint density at radius 2 is 2.10 bits per heavy atom. The molecule has 0 bridgehead atoms. The third-order valence-electron chi connectivity index (χ3n) is 2.37. The Balaban J connectivity index is 2.17. The van der Waals surface area contributed by atoms with Crippen LogP contribution in [0.1, 0.15) is 17.1 Å². The third-order valence-corrected chi connectivity index (χ3v) is 3.21. The predicted molar refractivity (Wildman–Crippen MR) is 69.4 cm³/mol. The number of hydrogen-bond acceptors (Lipinski definition) is 7. The van der Waals surface area contributed by atoms with Gasteiger partial charge in [-0.3, -0.25) is 14.6 Å². The molecule has 0 atom stereocenters. The van der Waals surface area contributed by atoms with E-state index in [4.69, 9.17) is 10.2 Å². The number of aryl methyl sites for hydroxylation is 1. The van der Waals surface area contributed by atoms with Crippen molar-refractivity contribution >= 4 is 17.7 Å². The molecule has 10 heteroatoms. The first-order chi connectivity index (χ1) is 9.45. The average molecular weight is 297 g/mol. The lowest BCUT2D eigenvalue weighted by atomic mass is 10.2. The largest absolute Gasteiger partial charge is 0.416 e. The molecule has 0 spiro atoms. The van der Waals surface area contributed by atoms with Crippen LogP contribution in [0, 0.1) is 6.92 Å². The number of thioether (sulfide) groups is 1. The van der Waals surface area contributed by atoms with Crippen molar-refractivity contribution in [3.63, 3.8) is 0 Å². The second-order valence-electron chi connectivity index (χ2n) is 3.91. The van der Waals surface area contributed by atoms with Crippen LogP contribution in [0.4, 0.5) is 0 Å². The zero-order chi connectivity index (χ0) is 14.7. The summed E-state index contributed by atoms with van der Waals surface area (Å²) in [4.78, 5) is 37.9. The summed E-state index contributed by atoms with van der Waals surface area (Å²) >= 11 is 1.01.